The van der Waals surface area contributed by atoms with Gasteiger partial charge in [-0.1, -0.05) is 80.6 Å². The van der Waals surface area contributed by atoms with Crippen LogP contribution in [0.1, 0.15) is 26.3 Å². The number of ether oxygens (including phenoxy) is 1. The second kappa shape index (κ2) is 8.05. The Bertz CT molecular complexity index is 1100. The third-order valence-corrected chi connectivity index (χ3v) is 5.44. The summed E-state index contributed by atoms with van der Waals surface area (Å²) in [5.74, 6) is 1.34. The van der Waals surface area contributed by atoms with Gasteiger partial charge in [0.25, 0.3) is 0 Å². The lowest BCUT2D eigenvalue weighted by atomic mass is 9.86. The molecule has 2 heterocycles. The molecule has 0 aliphatic heterocycles. The van der Waals surface area contributed by atoms with Gasteiger partial charge in [0.1, 0.15) is 11.4 Å². The first-order chi connectivity index (χ1) is 14.0. The van der Waals surface area contributed by atoms with E-state index in [0.29, 0.717) is 5.88 Å². The van der Waals surface area contributed by atoms with Crippen LogP contribution in [0.15, 0.2) is 79.1 Å². The molecule has 0 radical (unpaired) electrons. The molecule has 146 valence electrons. The maximum Gasteiger partial charge on any atom is 0.243 e. The van der Waals surface area contributed by atoms with Crippen LogP contribution in [0.2, 0.25) is 0 Å². The summed E-state index contributed by atoms with van der Waals surface area (Å²) in [6.07, 6.45) is 3.62. The van der Waals surface area contributed by atoms with Gasteiger partial charge in [-0.25, -0.2) is 9.97 Å². The number of rotatable bonds is 5. The molecular weight excluding hydrogens is 378 g/mol. The van der Waals surface area contributed by atoms with Gasteiger partial charge in [0.15, 0.2) is 5.13 Å². The summed E-state index contributed by atoms with van der Waals surface area (Å²) in [4.78, 5) is 10.1. The number of benzene rings is 2. The van der Waals surface area contributed by atoms with Crippen LogP contribution in [0.4, 0.5) is 10.8 Å². The van der Waals surface area contributed by atoms with Crippen molar-refractivity contribution >= 4 is 22.2 Å². The fourth-order valence-electron chi connectivity index (χ4n) is 3.03. The normalized spacial score (nSPS) is 11.3. The molecule has 2 aromatic carbocycles. The standard InChI is InChI=1S/C24H23N3OS/c1-24(2,3)18-12-7-8-14-20(18)28-22-19(13-9-15-25-22)27-23-26-16-21(29-23)17-10-5-4-6-11-17/h4-16H,1-3H3,(H,26,27). The zero-order valence-corrected chi connectivity index (χ0v) is 17.5. The minimum Gasteiger partial charge on any atom is -0.437 e. The van der Waals surface area contributed by atoms with Gasteiger partial charge in [0, 0.05) is 18.0 Å². The van der Waals surface area contributed by atoms with E-state index in [2.05, 4.69) is 54.3 Å². The monoisotopic (exact) mass is 401 g/mol. The summed E-state index contributed by atoms with van der Waals surface area (Å²) in [5, 5.41) is 4.16. The van der Waals surface area contributed by atoms with Gasteiger partial charge in [-0.15, -0.1) is 0 Å². The van der Waals surface area contributed by atoms with E-state index in [9.17, 15) is 0 Å². The van der Waals surface area contributed by atoms with Crippen molar-refractivity contribution in [2.24, 2.45) is 0 Å². The van der Waals surface area contributed by atoms with E-state index in [1.807, 2.05) is 54.7 Å². The zero-order chi connectivity index (χ0) is 20.3. The number of para-hydroxylation sites is 1. The number of pyridine rings is 1. The van der Waals surface area contributed by atoms with Crippen LogP contribution in [0.25, 0.3) is 10.4 Å². The van der Waals surface area contributed by atoms with Crippen LogP contribution in [0.3, 0.4) is 0 Å². The number of nitrogens with one attached hydrogen (secondary N) is 1. The summed E-state index contributed by atoms with van der Waals surface area (Å²) in [5.41, 5.74) is 3.04. The first-order valence-corrected chi connectivity index (χ1v) is 10.3. The van der Waals surface area contributed by atoms with Crippen LogP contribution in [0, 0.1) is 0 Å². The van der Waals surface area contributed by atoms with E-state index in [-0.39, 0.29) is 5.41 Å². The van der Waals surface area contributed by atoms with E-state index in [1.54, 1.807) is 17.5 Å². The predicted molar refractivity (Wildman–Crippen MR) is 120 cm³/mol. The van der Waals surface area contributed by atoms with Crippen LogP contribution in [0.5, 0.6) is 11.6 Å². The fraction of sp³-hybridized carbons (Fsp3) is 0.167. The number of hydrogen-bond acceptors (Lipinski definition) is 5. The molecule has 0 saturated heterocycles. The van der Waals surface area contributed by atoms with Crippen molar-refractivity contribution in [1.29, 1.82) is 0 Å². The molecule has 1 N–H and O–H groups in total. The van der Waals surface area contributed by atoms with Gasteiger partial charge in [0.05, 0.1) is 4.88 Å². The van der Waals surface area contributed by atoms with E-state index in [1.165, 1.54) is 0 Å². The van der Waals surface area contributed by atoms with Crippen LogP contribution < -0.4 is 10.1 Å². The molecule has 0 unspecified atom stereocenters. The summed E-state index contributed by atoms with van der Waals surface area (Å²) in [6, 6.07) is 22.2. The lowest BCUT2D eigenvalue weighted by Crippen LogP contribution is -2.12. The minimum atomic E-state index is -0.0289. The van der Waals surface area contributed by atoms with Crippen molar-refractivity contribution < 1.29 is 4.74 Å². The van der Waals surface area contributed by atoms with Crippen molar-refractivity contribution in [1.82, 2.24) is 9.97 Å². The number of hydrogen-bond donors (Lipinski definition) is 1. The van der Waals surface area contributed by atoms with E-state index < -0.39 is 0 Å². The third kappa shape index (κ3) is 4.46. The topological polar surface area (TPSA) is 47.0 Å². The van der Waals surface area contributed by atoms with Gasteiger partial charge in [-0.2, -0.15) is 0 Å². The second-order valence-corrected chi connectivity index (χ2v) is 8.76. The number of nitrogens with zero attached hydrogens (tertiary/aromatic N) is 2. The predicted octanol–water partition coefficient (Wildman–Crippen LogP) is 7.04. The van der Waals surface area contributed by atoms with E-state index in [4.69, 9.17) is 4.74 Å². The number of anilines is 2. The van der Waals surface area contributed by atoms with E-state index >= 15 is 0 Å². The Morgan fingerprint density at radius 2 is 1.62 bits per heavy atom. The average molecular weight is 402 g/mol. The Labute approximate surface area is 175 Å². The van der Waals surface area contributed by atoms with Crippen LogP contribution in [-0.4, -0.2) is 9.97 Å². The van der Waals surface area contributed by atoms with Crippen molar-refractivity contribution in [2.45, 2.75) is 26.2 Å². The summed E-state index contributed by atoms with van der Waals surface area (Å²) in [6.45, 7) is 6.52. The molecule has 0 spiro atoms. The molecule has 0 aliphatic rings. The first kappa shape index (κ1) is 19.2. The van der Waals surface area contributed by atoms with Crippen molar-refractivity contribution in [3.8, 4) is 22.1 Å². The Balaban J connectivity index is 1.60. The molecule has 4 nitrogen and oxygen atoms in total. The highest BCUT2D eigenvalue weighted by Gasteiger charge is 2.20. The number of aromatic nitrogens is 2. The molecular formula is C24H23N3OS. The molecule has 4 rings (SSSR count). The van der Waals surface area contributed by atoms with Gasteiger partial charge in [-0.05, 0) is 29.2 Å². The molecule has 4 aromatic rings. The quantitative estimate of drug-likeness (QED) is 0.390. The lowest BCUT2D eigenvalue weighted by Gasteiger charge is -2.22. The van der Waals surface area contributed by atoms with Crippen molar-refractivity contribution in [2.75, 3.05) is 5.32 Å². The van der Waals surface area contributed by atoms with Crippen molar-refractivity contribution in [3.05, 3.63) is 84.7 Å². The Morgan fingerprint density at radius 1 is 0.862 bits per heavy atom. The number of thiazole rings is 1. The van der Waals surface area contributed by atoms with Crippen LogP contribution in [-0.2, 0) is 5.41 Å². The smallest absolute Gasteiger partial charge is 0.243 e. The Morgan fingerprint density at radius 3 is 2.41 bits per heavy atom. The zero-order valence-electron chi connectivity index (χ0n) is 16.7. The summed E-state index contributed by atoms with van der Waals surface area (Å²) < 4.78 is 6.23. The largest absolute Gasteiger partial charge is 0.437 e. The average Bonchev–Trinajstić information content (AvgIpc) is 3.18. The molecule has 2 aromatic heterocycles. The maximum absolute atomic E-state index is 6.23. The summed E-state index contributed by atoms with van der Waals surface area (Å²) >= 11 is 1.60. The third-order valence-electron chi connectivity index (χ3n) is 4.48. The van der Waals surface area contributed by atoms with Gasteiger partial charge < -0.3 is 10.1 Å². The van der Waals surface area contributed by atoms with Gasteiger partial charge >= 0.3 is 0 Å². The molecule has 0 fully saturated rings. The molecule has 0 saturated carbocycles. The molecule has 0 amide bonds. The van der Waals surface area contributed by atoms with Gasteiger partial charge in [-0.3, -0.25) is 0 Å². The maximum atomic E-state index is 6.23. The second-order valence-electron chi connectivity index (χ2n) is 7.73. The van der Waals surface area contributed by atoms with Crippen molar-refractivity contribution in [3.63, 3.8) is 0 Å². The van der Waals surface area contributed by atoms with Gasteiger partial charge in [0.2, 0.25) is 5.88 Å². The SMILES string of the molecule is CC(C)(C)c1ccccc1Oc1ncccc1Nc1ncc(-c2ccccc2)s1. The minimum absolute atomic E-state index is 0.0289. The molecule has 0 atom stereocenters. The highest BCUT2D eigenvalue weighted by Crippen LogP contribution is 2.37. The molecule has 5 heteroatoms. The molecule has 29 heavy (non-hydrogen) atoms. The molecule has 0 aliphatic carbocycles. The Hall–Kier alpha value is -3.18. The Kier molecular flexibility index (Phi) is 5.32. The first-order valence-electron chi connectivity index (χ1n) is 9.51. The van der Waals surface area contributed by atoms with E-state index in [0.717, 1.165) is 32.6 Å². The molecule has 0 bridgehead atoms. The lowest BCUT2D eigenvalue weighted by molar-refractivity contribution is 0.442. The highest BCUT2D eigenvalue weighted by atomic mass is 32.1. The fourth-order valence-corrected chi connectivity index (χ4v) is 3.86. The highest BCUT2D eigenvalue weighted by molar-refractivity contribution is 7.18. The summed E-state index contributed by atoms with van der Waals surface area (Å²) in [7, 11) is 0. The van der Waals surface area contributed by atoms with Crippen LogP contribution >= 0.6 is 11.3 Å².